The zero-order chi connectivity index (χ0) is 16.9. The van der Waals surface area contributed by atoms with Crippen molar-refractivity contribution in [2.24, 2.45) is 0 Å². The summed E-state index contributed by atoms with van der Waals surface area (Å²) in [5, 5.41) is 9.79. The van der Waals surface area contributed by atoms with Crippen LogP contribution in [0.2, 0.25) is 0 Å². The second-order valence-corrected chi connectivity index (χ2v) is 6.47. The molecule has 0 radical (unpaired) electrons. The third kappa shape index (κ3) is 3.87. The van der Waals surface area contributed by atoms with Crippen molar-refractivity contribution < 1.29 is 14.7 Å². The number of carbonyl (C=O) groups is 2. The van der Waals surface area contributed by atoms with E-state index in [9.17, 15) is 14.7 Å². The van der Waals surface area contributed by atoms with E-state index in [1.807, 2.05) is 23.1 Å². The molecule has 2 fully saturated rings. The quantitative estimate of drug-likeness (QED) is 0.886. The Morgan fingerprint density at radius 3 is 2.46 bits per heavy atom. The normalized spacial score (nSPS) is 22.5. The number of hydrogen-bond donors (Lipinski definition) is 1. The first-order valence-corrected chi connectivity index (χ1v) is 8.70. The first-order valence-electron chi connectivity index (χ1n) is 8.70. The number of piperazine rings is 1. The van der Waals surface area contributed by atoms with Crippen LogP contribution >= 0.6 is 0 Å². The number of likely N-dealkylation sites (tertiary alicyclic amines) is 1. The van der Waals surface area contributed by atoms with Crippen LogP contribution in [0.1, 0.15) is 19.3 Å². The Bertz CT molecular complexity index is 570. The molecule has 0 saturated carbocycles. The first kappa shape index (κ1) is 16.8. The monoisotopic (exact) mass is 331 g/mol. The summed E-state index contributed by atoms with van der Waals surface area (Å²) in [7, 11) is 0. The van der Waals surface area contributed by atoms with Gasteiger partial charge in [0.2, 0.25) is 5.91 Å². The number of benzene rings is 1. The van der Waals surface area contributed by atoms with Crippen molar-refractivity contribution in [3.63, 3.8) is 0 Å². The molecule has 2 saturated heterocycles. The van der Waals surface area contributed by atoms with Crippen molar-refractivity contribution in [1.29, 1.82) is 0 Å². The van der Waals surface area contributed by atoms with E-state index < -0.39 is 6.10 Å². The molecule has 0 aliphatic carbocycles. The van der Waals surface area contributed by atoms with Crippen molar-refractivity contribution >= 4 is 17.5 Å². The Balaban J connectivity index is 1.52. The molecule has 2 aliphatic rings. The standard InChI is InChI=1S/C18H25N3O3/c22-16-8-4-5-9-21(18(16)24)14-17(23)20-12-10-19(11-13-20)15-6-2-1-3-7-15/h1-3,6-7,16,22H,4-5,8-14H2. The van der Waals surface area contributed by atoms with Crippen LogP contribution in [0.25, 0.3) is 0 Å². The van der Waals surface area contributed by atoms with Crippen LogP contribution in [0.4, 0.5) is 5.69 Å². The maximum absolute atomic E-state index is 12.5. The third-order valence-corrected chi connectivity index (χ3v) is 4.83. The van der Waals surface area contributed by atoms with E-state index >= 15 is 0 Å². The van der Waals surface area contributed by atoms with Gasteiger partial charge >= 0.3 is 0 Å². The lowest BCUT2D eigenvalue weighted by atomic mass is 10.2. The molecular weight excluding hydrogens is 306 g/mol. The summed E-state index contributed by atoms with van der Waals surface area (Å²) >= 11 is 0. The van der Waals surface area contributed by atoms with E-state index in [4.69, 9.17) is 0 Å². The van der Waals surface area contributed by atoms with Crippen LogP contribution in [0.15, 0.2) is 30.3 Å². The van der Waals surface area contributed by atoms with Gasteiger partial charge in [0.1, 0.15) is 6.10 Å². The van der Waals surface area contributed by atoms with Crippen molar-refractivity contribution in [1.82, 2.24) is 9.80 Å². The molecule has 0 bridgehead atoms. The maximum atomic E-state index is 12.5. The van der Waals surface area contributed by atoms with Crippen LogP contribution in [0.3, 0.4) is 0 Å². The van der Waals surface area contributed by atoms with E-state index in [-0.39, 0.29) is 18.4 Å². The topological polar surface area (TPSA) is 64.1 Å². The minimum atomic E-state index is -0.949. The van der Waals surface area contributed by atoms with E-state index in [0.29, 0.717) is 26.1 Å². The van der Waals surface area contributed by atoms with Gasteiger partial charge in [-0.15, -0.1) is 0 Å². The van der Waals surface area contributed by atoms with Crippen LogP contribution in [-0.4, -0.2) is 72.1 Å². The Hall–Kier alpha value is -2.08. The van der Waals surface area contributed by atoms with Crippen molar-refractivity contribution in [2.45, 2.75) is 25.4 Å². The Morgan fingerprint density at radius 1 is 1.04 bits per heavy atom. The lowest BCUT2D eigenvalue weighted by Crippen LogP contribution is -2.52. The Kier molecular flexibility index (Phi) is 5.35. The lowest BCUT2D eigenvalue weighted by molar-refractivity contribution is -0.145. The summed E-state index contributed by atoms with van der Waals surface area (Å²) in [6, 6.07) is 10.2. The molecule has 6 heteroatoms. The highest BCUT2D eigenvalue weighted by Gasteiger charge is 2.29. The number of rotatable bonds is 3. The van der Waals surface area contributed by atoms with E-state index in [1.54, 1.807) is 0 Å². The van der Waals surface area contributed by atoms with Gasteiger partial charge in [-0.25, -0.2) is 0 Å². The highest BCUT2D eigenvalue weighted by atomic mass is 16.3. The molecule has 1 N–H and O–H groups in total. The van der Waals surface area contributed by atoms with Gasteiger partial charge in [-0.05, 0) is 31.4 Å². The Labute approximate surface area is 142 Å². The lowest BCUT2D eigenvalue weighted by Gasteiger charge is -2.37. The second-order valence-electron chi connectivity index (χ2n) is 6.47. The van der Waals surface area contributed by atoms with Gasteiger partial charge in [0.15, 0.2) is 0 Å². The highest BCUT2D eigenvalue weighted by Crippen LogP contribution is 2.16. The van der Waals surface area contributed by atoms with Crippen LogP contribution in [-0.2, 0) is 9.59 Å². The molecule has 2 aliphatic heterocycles. The molecule has 1 aromatic rings. The molecule has 1 aromatic carbocycles. The van der Waals surface area contributed by atoms with E-state index in [0.717, 1.165) is 25.9 Å². The molecule has 3 rings (SSSR count). The van der Waals surface area contributed by atoms with E-state index in [1.165, 1.54) is 10.6 Å². The summed E-state index contributed by atoms with van der Waals surface area (Å²) in [6.45, 7) is 3.57. The number of hydrogen-bond acceptors (Lipinski definition) is 4. The molecule has 130 valence electrons. The second kappa shape index (κ2) is 7.66. The van der Waals surface area contributed by atoms with Gasteiger partial charge in [-0.1, -0.05) is 18.2 Å². The summed E-state index contributed by atoms with van der Waals surface area (Å²) < 4.78 is 0. The molecule has 0 spiro atoms. The molecule has 24 heavy (non-hydrogen) atoms. The van der Waals surface area contributed by atoms with Crippen LogP contribution < -0.4 is 4.90 Å². The number of carbonyl (C=O) groups excluding carboxylic acids is 2. The summed E-state index contributed by atoms with van der Waals surface area (Å²) in [5.41, 5.74) is 1.18. The van der Waals surface area contributed by atoms with E-state index in [2.05, 4.69) is 17.0 Å². The molecule has 1 atom stereocenters. The predicted molar refractivity (Wildman–Crippen MR) is 91.7 cm³/mol. The fourth-order valence-corrected chi connectivity index (χ4v) is 3.36. The van der Waals surface area contributed by atoms with Crippen molar-refractivity contribution in [3.8, 4) is 0 Å². The highest BCUT2D eigenvalue weighted by molar-refractivity contribution is 5.87. The van der Waals surface area contributed by atoms with Gasteiger partial charge in [0, 0.05) is 38.4 Å². The minimum Gasteiger partial charge on any atom is -0.383 e. The fourth-order valence-electron chi connectivity index (χ4n) is 3.36. The molecule has 2 heterocycles. The zero-order valence-electron chi connectivity index (χ0n) is 13.9. The number of nitrogens with zero attached hydrogens (tertiary/aromatic N) is 3. The molecule has 1 unspecified atom stereocenters. The third-order valence-electron chi connectivity index (χ3n) is 4.83. The fraction of sp³-hybridized carbons (Fsp3) is 0.556. The van der Waals surface area contributed by atoms with Gasteiger partial charge in [-0.3, -0.25) is 9.59 Å². The maximum Gasteiger partial charge on any atom is 0.251 e. The molecule has 2 amide bonds. The largest absolute Gasteiger partial charge is 0.383 e. The summed E-state index contributed by atoms with van der Waals surface area (Å²) in [4.78, 5) is 30.2. The molecule has 6 nitrogen and oxygen atoms in total. The van der Waals surface area contributed by atoms with Gasteiger partial charge in [0.05, 0.1) is 6.54 Å². The zero-order valence-corrected chi connectivity index (χ0v) is 13.9. The number of aliphatic hydroxyl groups excluding tert-OH is 1. The first-order chi connectivity index (χ1) is 11.6. The van der Waals surface area contributed by atoms with Crippen molar-refractivity contribution in [2.75, 3.05) is 44.2 Å². The van der Waals surface area contributed by atoms with Gasteiger partial charge in [-0.2, -0.15) is 0 Å². The number of para-hydroxylation sites is 1. The predicted octanol–water partition coefficient (Wildman–Crippen LogP) is 0.709. The average molecular weight is 331 g/mol. The average Bonchev–Trinajstić information content (AvgIpc) is 2.78. The summed E-state index contributed by atoms with van der Waals surface area (Å²) in [6.07, 6.45) is 1.22. The number of amides is 2. The minimum absolute atomic E-state index is 0.0230. The van der Waals surface area contributed by atoms with Crippen LogP contribution in [0, 0.1) is 0 Å². The Morgan fingerprint density at radius 2 is 1.75 bits per heavy atom. The number of aliphatic hydroxyl groups is 1. The van der Waals surface area contributed by atoms with Gasteiger partial charge in [0.25, 0.3) is 5.91 Å². The smallest absolute Gasteiger partial charge is 0.251 e. The molecule has 0 aromatic heterocycles. The summed E-state index contributed by atoms with van der Waals surface area (Å²) in [5.74, 6) is -0.325. The van der Waals surface area contributed by atoms with Crippen LogP contribution in [0.5, 0.6) is 0 Å². The molecular formula is C18H25N3O3. The SMILES string of the molecule is O=C(CN1CCCCC(O)C1=O)N1CCN(c2ccccc2)CC1. The van der Waals surface area contributed by atoms with Gasteiger partial charge < -0.3 is 19.8 Å². The van der Waals surface area contributed by atoms with Crippen molar-refractivity contribution in [3.05, 3.63) is 30.3 Å². The number of anilines is 1.